The molecule has 0 radical (unpaired) electrons. The first-order chi connectivity index (χ1) is 14.8. The number of carbonyl (C=O) groups excluding carboxylic acids is 1. The number of hydrogen-bond donors (Lipinski definition) is 1. The molecule has 3 heterocycles. The number of fused-ring (bicyclic) bond motifs is 1. The maximum Gasteiger partial charge on any atom is 0.573 e. The maximum absolute atomic E-state index is 13.1. The lowest BCUT2D eigenvalue weighted by atomic mass is 10.3. The van der Waals surface area contributed by atoms with Crippen molar-refractivity contribution in [3.05, 3.63) is 51.9 Å². The zero-order chi connectivity index (χ0) is 22.0. The number of aryl methyl sites for hydroxylation is 1. The van der Waals surface area contributed by atoms with Gasteiger partial charge in [-0.15, -0.1) is 36.3 Å². The van der Waals surface area contributed by atoms with Crippen LogP contribution in [-0.2, 0) is 11.2 Å². The zero-order valence-electron chi connectivity index (χ0n) is 15.5. The van der Waals surface area contributed by atoms with E-state index in [1.165, 1.54) is 39.8 Å². The lowest BCUT2D eigenvalue weighted by molar-refractivity contribution is -0.274. The number of carbonyl (C=O) groups is 1. The molecule has 1 amide bonds. The first kappa shape index (κ1) is 21.7. The Labute approximate surface area is 186 Å². The van der Waals surface area contributed by atoms with Gasteiger partial charge < -0.3 is 10.1 Å². The average Bonchev–Trinajstić information content (AvgIpc) is 3.38. The van der Waals surface area contributed by atoms with Crippen LogP contribution < -0.4 is 15.6 Å². The van der Waals surface area contributed by atoms with E-state index in [0.29, 0.717) is 33.6 Å². The van der Waals surface area contributed by atoms with E-state index in [4.69, 9.17) is 0 Å². The summed E-state index contributed by atoms with van der Waals surface area (Å²) in [5, 5.41) is 5.12. The fourth-order valence-electron chi connectivity index (χ4n) is 2.78. The lowest BCUT2D eigenvalue weighted by Gasteiger charge is -2.14. The van der Waals surface area contributed by atoms with Crippen molar-refractivity contribution in [3.8, 4) is 11.4 Å². The molecule has 0 unspecified atom stereocenters. The van der Waals surface area contributed by atoms with Gasteiger partial charge in [0, 0.05) is 23.8 Å². The standard InChI is InChI=1S/C18H13F3N4O3S3/c19-18(20,21)28-11-3-1-10(2-4-11)25-15(27)14-12(5-7-29-14)23-17(25)31-9-13(26)24-16-22-6-8-30-16/h1-4,6,8H,5,7,9H2,(H,22,24,26). The number of rotatable bonds is 6. The van der Waals surface area contributed by atoms with Gasteiger partial charge in [-0.1, -0.05) is 11.8 Å². The number of thiazole rings is 1. The molecule has 0 fully saturated rings. The van der Waals surface area contributed by atoms with E-state index >= 15 is 0 Å². The molecule has 31 heavy (non-hydrogen) atoms. The Morgan fingerprint density at radius 1 is 1.29 bits per heavy atom. The van der Waals surface area contributed by atoms with E-state index in [0.717, 1.165) is 23.9 Å². The number of nitrogens with one attached hydrogen (secondary N) is 1. The molecule has 0 spiro atoms. The van der Waals surface area contributed by atoms with Crippen molar-refractivity contribution in [1.82, 2.24) is 14.5 Å². The Morgan fingerprint density at radius 2 is 2.06 bits per heavy atom. The number of hydrogen-bond acceptors (Lipinski definition) is 8. The topological polar surface area (TPSA) is 86.1 Å². The molecule has 1 N–H and O–H groups in total. The van der Waals surface area contributed by atoms with E-state index in [-0.39, 0.29) is 22.4 Å². The summed E-state index contributed by atoms with van der Waals surface area (Å²) in [7, 11) is 0. The van der Waals surface area contributed by atoms with Gasteiger partial charge in [0.05, 0.1) is 22.0 Å². The minimum Gasteiger partial charge on any atom is -0.406 e. The Bertz CT molecular complexity index is 1150. The number of anilines is 1. The maximum atomic E-state index is 13.1. The normalized spacial score (nSPS) is 13.1. The minimum atomic E-state index is -4.81. The van der Waals surface area contributed by atoms with Crippen molar-refractivity contribution >= 4 is 45.9 Å². The highest BCUT2D eigenvalue weighted by Gasteiger charge is 2.31. The van der Waals surface area contributed by atoms with Crippen LogP contribution in [0.1, 0.15) is 5.69 Å². The molecule has 4 rings (SSSR count). The summed E-state index contributed by atoms with van der Waals surface area (Å²) in [6.07, 6.45) is -2.61. The van der Waals surface area contributed by atoms with E-state index in [1.54, 1.807) is 11.6 Å². The highest BCUT2D eigenvalue weighted by atomic mass is 32.2. The molecule has 0 aliphatic carbocycles. The first-order valence-electron chi connectivity index (χ1n) is 8.77. The molecule has 162 valence electrons. The average molecular weight is 487 g/mol. The molecule has 2 aromatic heterocycles. The Balaban J connectivity index is 1.62. The van der Waals surface area contributed by atoms with Gasteiger partial charge in [0.1, 0.15) is 5.75 Å². The van der Waals surface area contributed by atoms with Gasteiger partial charge >= 0.3 is 6.36 Å². The molecule has 0 atom stereocenters. The molecule has 1 aliphatic heterocycles. The number of amides is 1. The molecule has 0 bridgehead atoms. The second kappa shape index (κ2) is 8.93. The van der Waals surface area contributed by atoms with Gasteiger partial charge in [0.2, 0.25) is 5.91 Å². The first-order valence-corrected chi connectivity index (χ1v) is 11.6. The van der Waals surface area contributed by atoms with Gasteiger partial charge in [-0.05, 0) is 24.3 Å². The van der Waals surface area contributed by atoms with E-state index in [1.807, 2.05) is 0 Å². The highest BCUT2D eigenvalue weighted by Crippen LogP contribution is 2.31. The lowest BCUT2D eigenvalue weighted by Crippen LogP contribution is -2.24. The van der Waals surface area contributed by atoms with Crippen LogP contribution in [-0.4, -0.2) is 38.3 Å². The second-order valence-corrected chi connectivity index (χ2v) is 9.07. The summed E-state index contributed by atoms with van der Waals surface area (Å²) in [6, 6.07) is 4.93. The molecule has 0 saturated carbocycles. The highest BCUT2D eigenvalue weighted by molar-refractivity contribution is 8.00. The third-order valence-electron chi connectivity index (χ3n) is 4.01. The minimum absolute atomic E-state index is 0.0206. The van der Waals surface area contributed by atoms with Crippen LogP contribution >= 0.6 is 34.9 Å². The van der Waals surface area contributed by atoms with Crippen LogP contribution in [0.3, 0.4) is 0 Å². The number of benzene rings is 1. The van der Waals surface area contributed by atoms with E-state index in [2.05, 4.69) is 20.0 Å². The van der Waals surface area contributed by atoms with Crippen molar-refractivity contribution in [2.45, 2.75) is 22.8 Å². The number of aromatic nitrogens is 3. The summed E-state index contributed by atoms with van der Waals surface area (Å²) in [5.41, 5.74) is 0.663. The largest absolute Gasteiger partial charge is 0.573 e. The predicted molar refractivity (Wildman–Crippen MR) is 112 cm³/mol. The molecule has 0 saturated heterocycles. The third kappa shape index (κ3) is 5.22. The number of ether oxygens (including phenoxy) is 1. The molecule has 1 aliphatic rings. The molecule has 13 heteroatoms. The summed E-state index contributed by atoms with van der Waals surface area (Å²) in [6.45, 7) is 0. The SMILES string of the molecule is O=C(CSc1nc2c(c(=O)n1-c1ccc(OC(F)(F)F)cc1)SCC2)Nc1nccs1. The van der Waals surface area contributed by atoms with Gasteiger partial charge in [-0.25, -0.2) is 9.97 Å². The van der Waals surface area contributed by atoms with Gasteiger partial charge in [0.25, 0.3) is 5.56 Å². The number of halogens is 3. The number of nitrogens with zero attached hydrogens (tertiary/aromatic N) is 3. The third-order valence-corrected chi connectivity index (χ3v) is 6.74. The van der Waals surface area contributed by atoms with Crippen LogP contribution in [0.4, 0.5) is 18.3 Å². The number of alkyl halides is 3. The monoisotopic (exact) mass is 486 g/mol. The summed E-state index contributed by atoms with van der Waals surface area (Å²) in [5.74, 6) is -0.0173. The molecule has 3 aromatic rings. The zero-order valence-corrected chi connectivity index (χ0v) is 18.0. The molecular formula is C18H13F3N4O3S3. The van der Waals surface area contributed by atoms with E-state index < -0.39 is 12.1 Å². The quantitative estimate of drug-likeness (QED) is 0.417. The Morgan fingerprint density at radius 3 is 2.74 bits per heavy atom. The van der Waals surface area contributed by atoms with Gasteiger partial charge in [-0.3, -0.25) is 14.2 Å². The van der Waals surface area contributed by atoms with Crippen molar-refractivity contribution in [2.75, 3.05) is 16.8 Å². The summed E-state index contributed by atoms with van der Waals surface area (Å²) >= 11 is 3.73. The fraction of sp³-hybridized carbons (Fsp3) is 0.222. The van der Waals surface area contributed by atoms with Gasteiger partial charge in [-0.2, -0.15) is 0 Å². The van der Waals surface area contributed by atoms with Crippen LogP contribution in [0.15, 0.2) is 50.7 Å². The van der Waals surface area contributed by atoms with Crippen molar-refractivity contribution in [3.63, 3.8) is 0 Å². The van der Waals surface area contributed by atoms with E-state index in [9.17, 15) is 22.8 Å². The van der Waals surface area contributed by atoms with Crippen LogP contribution in [0.5, 0.6) is 5.75 Å². The van der Waals surface area contributed by atoms with Gasteiger partial charge in [0.15, 0.2) is 10.3 Å². The van der Waals surface area contributed by atoms with Crippen LogP contribution in [0, 0.1) is 0 Å². The predicted octanol–water partition coefficient (Wildman–Crippen LogP) is 3.97. The van der Waals surface area contributed by atoms with Crippen molar-refractivity contribution < 1.29 is 22.7 Å². The molecule has 7 nitrogen and oxygen atoms in total. The number of thioether (sulfide) groups is 2. The Kier molecular flexibility index (Phi) is 6.25. The molecular weight excluding hydrogens is 473 g/mol. The second-order valence-electron chi connectivity index (χ2n) is 6.13. The fourth-order valence-corrected chi connectivity index (χ4v) is 5.18. The van der Waals surface area contributed by atoms with Crippen molar-refractivity contribution in [2.24, 2.45) is 0 Å². The summed E-state index contributed by atoms with van der Waals surface area (Å²) < 4.78 is 42.4. The van der Waals surface area contributed by atoms with Crippen LogP contribution in [0.25, 0.3) is 5.69 Å². The summed E-state index contributed by atoms with van der Waals surface area (Å²) in [4.78, 5) is 34.3. The van der Waals surface area contributed by atoms with Crippen molar-refractivity contribution in [1.29, 1.82) is 0 Å². The van der Waals surface area contributed by atoms with Crippen LogP contribution in [0.2, 0.25) is 0 Å². The smallest absolute Gasteiger partial charge is 0.406 e. The Hall–Kier alpha value is -2.51. The molecule has 1 aromatic carbocycles.